The van der Waals surface area contributed by atoms with Gasteiger partial charge in [0.1, 0.15) is 16.2 Å². The van der Waals surface area contributed by atoms with Crippen LogP contribution in [-0.4, -0.2) is 40.8 Å². The summed E-state index contributed by atoms with van der Waals surface area (Å²) < 4.78 is 2.43. The molecule has 0 saturated heterocycles. The molecule has 1 atom stereocenters. The van der Waals surface area contributed by atoms with Crippen LogP contribution in [0.3, 0.4) is 0 Å². The molecule has 114 valence electrons. The number of hydrazine groups is 1. The number of nitrogens with one attached hydrogen (secondary N) is 4. The molecule has 1 aromatic rings. The zero-order valence-corrected chi connectivity index (χ0v) is 14.0. The maximum Gasteiger partial charge on any atom is 0.293 e. The van der Waals surface area contributed by atoms with Gasteiger partial charge < -0.3 is 5.32 Å². The van der Waals surface area contributed by atoms with E-state index >= 15 is 0 Å². The van der Waals surface area contributed by atoms with E-state index in [0.29, 0.717) is 11.5 Å². The van der Waals surface area contributed by atoms with Crippen molar-refractivity contribution in [1.82, 2.24) is 20.6 Å². The van der Waals surface area contributed by atoms with Gasteiger partial charge in [-0.25, -0.2) is 15.1 Å². The van der Waals surface area contributed by atoms with Crippen LogP contribution in [0.5, 0.6) is 0 Å². The largest absolute Gasteiger partial charge is 0.381 e. The highest BCUT2D eigenvalue weighted by molar-refractivity contribution is 8.38. The SMILES string of the molecule is CC[C@H](NNC)n1[nH]c(N=C(SC)SC)c(NC)c1=O. The molecule has 0 spiro atoms. The molecule has 0 radical (unpaired) electrons. The van der Waals surface area contributed by atoms with Gasteiger partial charge in [-0.15, -0.1) is 23.5 Å². The second kappa shape index (κ2) is 8.40. The first kappa shape index (κ1) is 17.2. The molecular weight excluding hydrogens is 296 g/mol. The van der Waals surface area contributed by atoms with Crippen LogP contribution in [0.25, 0.3) is 0 Å². The van der Waals surface area contributed by atoms with E-state index in [1.54, 1.807) is 42.3 Å². The van der Waals surface area contributed by atoms with E-state index in [0.717, 1.165) is 10.8 Å². The van der Waals surface area contributed by atoms with E-state index in [-0.39, 0.29) is 11.7 Å². The van der Waals surface area contributed by atoms with Gasteiger partial charge in [0.15, 0.2) is 5.82 Å². The fraction of sp³-hybridized carbons (Fsp3) is 0.636. The van der Waals surface area contributed by atoms with Crippen LogP contribution in [0.1, 0.15) is 19.5 Å². The fourth-order valence-electron chi connectivity index (χ4n) is 1.75. The maximum absolute atomic E-state index is 12.4. The number of hydrogen-bond acceptors (Lipinski definition) is 7. The van der Waals surface area contributed by atoms with E-state index in [1.807, 2.05) is 19.4 Å². The van der Waals surface area contributed by atoms with Crippen LogP contribution in [0.15, 0.2) is 9.79 Å². The first-order valence-corrected chi connectivity index (χ1v) is 8.69. The Morgan fingerprint density at radius 2 is 2.05 bits per heavy atom. The Hall–Kier alpha value is -0.900. The Morgan fingerprint density at radius 1 is 1.40 bits per heavy atom. The Balaban J connectivity index is 3.27. The van der Waals surface area contributed by atoms with Crippen LogP contribution >= 0.6 is 23.5 Å². The molecule has 0 fully saturated rings. The van der Waals surface area contributed by atoms with Crippen molar-refractivity contribution in [3.05, 3.63) is 10.4 Å². The van der Waals surface area contributed by atoms with E-state index < -0.39 is 0 Å². The topological polar surface area (TPSA) is 86.2 Å². The molecule has 0 aliphatic heterocycles. The molecule has 7 nitrogen and oxygen atoms in total. The van der Waals surface area contributed by atoms with Crippen LogP contribution in [0, 0.1) is 0 Å². The van der Waals surface area contributed by atoms with Crippen molar-refractivity contribution in [2.24, 2.45) is 4.99 Å². The van der Waals surface area contributed by atoms with Gasteiger partial charge in [0, 0.05) is 7.05 Å². The van der Waals surface area contributed by atoms with Crippen molar-refractivity contribution in [2.75, 3.05) is 31.9 Å². The van der Waals surface area contributed by atoms with E-state index in [4.69, 9.17) is 0 Å². The van der Waals surface area contributed by atoms with E-state index in [2.05, 4.69) is 26.3 Å². The number of H-pyrrole nitrogens is 1. The van der Waals surface area contributed by atoms with Crippen molar-refractivity contribution in [1.29, 1.82) is 0 Å². The minimum Gasteiger partial charge on any atom is -0.381 e. The molecule has 0 aliphatic carbocycles. The van der Waals surface area contributed by atoms with Gasteiger partial charge in [-0.05, 0) is 26.0 Å². The lowest BCUT2D eigenvalue weighted by Crippen LogP contribution is -2.39. The number of aromatic nitrogens is 2. The number of hydrogen-bond donors (Lipinski definition) is 4. The number of anilines is 1. The normalized spacial score (nSPS) is 12.2. The molecule has 4 N–H and O–H groups in total. The predicted molar refractivity (Wildman–Crippen MR) is 90.2 cm³/mol. The molecule has 0 aromatic carbocycles. The molecule has 0 unspecified atom stereocenters. The molecule has 0 bridgehead atoms. The molecular formula is C11H22N6OS2. The summed E-state index contributed by atoms with van der Waals surface area (Å²) in [5.41, 5.74) is 6.24. The van der Waals surface area contributed by atoms with Crippen LogP contribution < -0.4 is 21.7 Å². The highest BCUT2D eigenvalue weighted by Gasteiger charge is 2.18. The van der Waals surface area contributed by atoms with Crippen LogP contribution in [0.4, 0.5) is 11.5 Å². The average molecular weight is 318 g/mol. The van der Waals surface area contributed by atoms with Crippen LogP contribution in [-0.2, 0) is 0 Å². The van der Waals surface area contributed by atoms with Gasteiger partial charge in [-0.3, -0.25) is 15.3 Å². The average Bonchev–Trinajstić information content (AvgIpc) is 2.77. The highest BCUT2D eigenvalue weighted by Crippen LogP contribution is 2.23. The van der Waals surface area contributed by atoms with Gasteiger partial charge in [0.25, 0.3) is 5.56 Å². The Labute approximate surface area is 127 Å². The summed E-state index contributed by atoms with van der Waals surface area (Å²) in [5.74, 6) is 0.549. The molecule has 1 aromatic heterocycles. The zero-order valence-electron chi connectivity index (χ0n) is 12.4. The smallest absolute Gasteiger partial charge is 0.293 e. The summed E-state index contributed by atoms with van der Waals surface area (Å²) in [6, 6.07) is 0. The maximum atomic E-state index is 12.4. The quantitative estimate of drug-likeness (QED) is 0.362. The third kappa shape index (κ3) is 3.81. The first-order chi connectivity index (χ1) is 9.62. The summed E-state index contributed by atoms with van der Waals surface area (Å²) in [6.45, 7) is 2.00. The van der Waals surface area contributed by atoms with Crippen molar-refractivity contribution >= 4 is 39.4 Å². The van der Waals surface area contributed by atoms with Crippen molar-refractivity contribution in [3.8, 4) is 0 Å². The zero-order chi connectivity index (χ0) is 15.1. The summed E-state index contributed by atoms with van der Waals surface area (Å²) in [5, 5.41) is 5.98. The first-order valence-electron chi connectivity index (χ1n) is 6.24. The standard InChI is InChI=1S/C11H22N6OS2/c1-6-7(15-13-3)17-10(18)8(12-2)9(16-17)14-11(19-4)20-5/h7,12-13,15-16H,6H2,1-5H3/t7-/m1/s1. The van der Waals surface area contributed by atoms with Crippen LogP contribution in [0.2, 0.25) is 0 Å². The second-order valence-electron chi connectivity index (χ2n) is 3.86. The molecule has 0 aliphatic rings. The predicted octanol–water partition coefficient (Wildman–Crippen LogP) is 1.56. The van der Waals surface area contributed by atoms with Gasteiger partial charge in [0.2, 0.25) is 0 Å². The fourth-order valence-corrected chi connectivity index (χ4v) is 2.78. The Morgan fingerprint density at radius 3 is 2.50 bits per heavy atom. The summed E-state index contributed by atoms with van der Waals surface area (Å²) in [7, 11) is 3.49. The number of aliphatic imine (C=N–C) groups is 1. The third-order valence-corrected chi connectivity index (χ3v) is 4.59. The van der Waals surface area contributed by atoms with Crippen molar-refractivity contribution < 1.29 is 0 Å². The van der Waals surface area contributed by atoms with Gasteiger partial charge in [0.05, 0.1) is 0 Å². The number of rotatable bonds is 6. The van der Waals surface area contributed by atoms with E-state index in [1.165, 1.54) is 0 Å². The second-order valence-corrected chi connectivity index (χ2v) is 5.71. The van der Waals surface area contributed by atoms with Gasteiger partial charge in [-0.2, -0.15) is 0 Å². The lowest BCUT2D eigenvalue weighted by molar-refractivity contribution is 0.322. The minimum atomic E-state index is -0.157. The Bertz CT molecular complexity index is 504. The minimum absolute atomic E-state index is 0.123. The molecule has 1 rings (SSSR count). The lowest BCUT2D eigenvalue weighted by atomic mass is 10.4. The van der Waals surface area contributed by atoms with Crippen molar-refractivity contribution in [3.63, 3.8) is 0 Å². The summed E-state index contributed by atoms with van der Waals surface area (Å²) in [4.78, 5) is 16.9. The number of thioether (sulfide) groups is 2. The summed E-state index contributed by atoms with van der Waals surface area (Å²) in [6.07, 6.45) is 4.52. The molecule has 1 heterocycles. The molecule has 20 heavy (non-hydrogen) atoms. The van der Waals surface area contributed by atoms with Crippen molar-refractivity contribution in [2.45, 2.75) is 19.5 Å². The lowest BCUT2D eigenvalue weighted by Gasteiger charge is -2.16. The summed E-state index contributed by atoms with van der Waals surface area (Å²) >= 11 is 3.10. The molecule has 0 saturated carbocycles. The monoisotopic (exact) mass is 318 g/mol. The molecule has 0 amide bonds. The third-order valence-electron chi connectivity index (χ3n) is 2.71. The Kier molecular flexibility index (Phi) is 7.20. The van der Waals surface area contributed by atoms with E-state index in [9.17, 15) is 4.79 Å². The number of nitrogens with zero attached hydrogens (tertiary/aromatic N) is 2. The highest BCUT2D eigenvalue weighted by atomic mass is 32.2. The number of aromatic amines is 1. The van der Waals surface area contributed by atoms with Gasteiger partial charge in [-0.1, -0.05) is 6.92 Å². The molecule has 9 heteroatoms. The van der Waals surface area contributed by atoms with Gasteiger partial charge >= 0.3 is 0 Å².